The lowest BCUT2D eigenvalue weighted by Crippen LogP contribution is -2.13. The van der Waals surface area contributed by atoms with Crippen LogP contribution in [0.4, 0.5) is 13.2 Å². The van der Waals surface area contributed by atoms with Crippen molar-refractivity contribution in [3.63, 3.8) is 0 Å². The Morgan fingerprint density at radius 1 is 1.09 bits per heavy atom. The summed E-state index contributed by atoms with van der Waals surface area (Å²) < 4.78 is 48.5. The molecule has 0 amide bonds. The van der Waals surface area contributed by atoms with Crippen molar-refractivity contribution in [1.29, 1.82) is 0 Å². The fraction of sp³-hybridized carbons (Fsp3) is 0.188. The third-order valence-electron chi connectivity index (χ3n) is 2.89. The predicted molar refractivity (Wildman–Crippen MR) is 73.8 cm³/mol. The summed E-state index contributed by atoms with van der Waals surface area (Å²) >= 11 is 0. The predicted octanol–water partition coefficient (Wildman–Crippen LogP) is 3.86. The van der Waals surface area contributed by atoms with Crippen LogP contribution in [0.1, 0.15) is 11.1 Å². The molecular weight excluding hydrogens is 297 g/mol. The molecule has 2 aromatic carbocycles. The molecule has 0 N–H and O–H groups in total. The molecule has 0 radical (unpaired) electrons. The van der Waals surface area contributed by atoms with Gasteiger partial charge in [0, 0.05) is 0 Å². The van der Waals surface area contributed by atoms with Crippen LogP contribution < -0.4 is 9.47 Å². The minimum absolute atomic E-state index is 0.203. The maximum Gasteiger partial charge on any atom is 0.419 e. The second-order valence-corrected chi connectivity index (χ2v) is 4.50. The van der Waals surface area contributed by atoms with Gasteiger partial charge in [0.1, 0.15) is 11.5 Å². The molecule has 0 unspecified atom stereocenters. The molecule has 0 spiro atoms. The first-order valence-corrected chi connectivity index (χ1v) is 6.40. The highest BCUT2D eigenvalue weighted by Crippen LogP contribution is 2.36. The first kappa shape index (κ1) is 15.9. The number of ether oxygens (including phenoxy) is 2. The van der Waals surface area contributed by atoms with Crippen LogP contribution in [0.5, 0.6) is 11.5 Å². The highest BCUT2D eigenvalue weighted by Gasteiger charge is 2.34. The first-order valence-electron chi connectivity index (χ1n) is 6.40. The van der Waals surface area contributed by atoms with Gasteiger partial charge in [0.15, 0.2) is 0 Å². The number of para-hydroxylation sites is 1. The average molecular weight is 310 g/mol. The number of rotatable bonds is 4. The summed E-state index contributed by atoms with van der Waals surface area (Å²) in [5, 5.41) is 0. The Balaban J connectivity index is 2.14. The largest absolute Gasteiger partial charge is 0.496 e. The van der Waals surface area contributed by atoms with E-state index in [9.17, 15) is 18.0 Å². The van der Waals surface area contributed by atoms with Gasteiger partial charge in [-0.1, -0.05) is 24.3 Å². The molecule has 0 heterocycles. The van der Waals surface area contributed by atoms with Crippen LogP contribution in [0.25, 0.3) is 0 Å². The zero-order valence-electron chi connectivity index (χ0n) is 11.7. The fourth-order valence-electron chi connectivity index (χ4n) is 1.91. The van der Waals surface area contributed by atoms with Crippen molar-refractivity contribution in [3.05, 3.63) is 59.7 Å². The third-order valence-corrected chi connectivity index (χ3v) is 2.89. The number of methoxy groups -OCH3 is 1. The first-order chi connectivity index (χ1) is 10.4. The van der Waals surface area contributed by atoms with E-state index in [0.29, 0.717) is 5.75 Å². The Morgan fingerprint density at radius 2 is 1.77 bits per heavy atom. The number of hydrogen-bond acceptors (Lipinski definition) is 3. The summed E-state index contributed by atoms with van der Waals surface area (Å²) in [6.07, 6.45) is -4.81. The van der Waals surface area contributed by atoms with Gasteiger partial charge < -0.3 is 9.47 Å². The topological polar surface area (TPSA) is 35.5 Å². The van der Waals surface area contributed by atoms with E-state index in [1.54, 1.807) is 30.3 Å². The highest BCUT2D eigenvalue weighted by molar-refractivity contribution is 5.75. The number of halogens is 3. The molecule has 0 aliphatic carbocycles. The van der Waals surface area contributed by atoms with E-state index in [2.05, 4.69) is 0 Å². The van der Waals surface area contributed by atoms with Crippen LogP contribution in [0.2, 0.25) is 0 Å². The van der Waals surface area contributed by atoms with E-state index in [1.807, 2.05) is 0 Å². The molecule has 0 aliphatic heterocycles. The summed E-state index contributed by atoms with van der Waals surface area (Å²) in [5.74, 6) is -0.575. The van der Waals surface area contributed by atoms with Gasteiger partial charge in [-0.25, -0.2) is 0 Å². The molecule has 0 bridgehead atoms. The van der Waals surface area contributed by atoms with Crippen molar-refractivity contribution in [3.8, 4) is 11.5 Å². The van der Waals surface area contributed by atoms with Crippen molar-refractivity contribution >= 4 is 5.97 Å². The summed E-state index contributed by atoms with van der Waals surface area (Å²) in [6.45, 7) is 0. The summed E-state index contributed by atoms with van der Waals surface area (Å²) in [7, 11) is 1.16. The summed E-state index contributed by atoms with van der Waals surface area (Å²) in [6, 6.07) is 11.8. The molecule has 0 saturated carbocycles. The van der Waals surface area contributed by atoms with Crippen LogP contribution in [0, 0.1) is 0 Å². The lowest BCUT2D eigenvalue weighted by Gasteiger charge is -2.13. The summed E-state index contributed by atoms with van der Waals surface area (Å²) in [4.78, 5) is 11.8. The second-order valence-electron chi connectivity index (χ2n) is 4.50. The Morgan fingerprint density at radius 3 is 2.36 bits per heavy atom. The molecule has 0 aromatic heterocycles. The van der Waals surface area contributed by atoms with Gasteiger partial charge >= 0.3 is 12.1 Å². The molecule has 0 atom stereocenters. The fourth-order valence-corrected chi connectivity index (χ4v) is 1.91. The molecule has 22 heavy (non-hydrogen) atoms. The lowest BCUT2D eigenvalue weighted by atomic mass is 10.1. The minimum atomic E-state index is -4.55. The molecule has 2 rings (SSSR count). The molecule has 2 aromatic rings. The van der Waals surface area contributed by atoms with Crippen LogP contribution >= 0.6 is 0 Å². The van der Waals surface area contributed by atoms with Crippen molar-refractivity contribution in [2.45, 2.75) is 12.6 Å². The second kappa shape index (κ2) is 6.51. The zero-order chi connectivity index (χ0) is 16.2. The molecule has 116 valence electrons. The van der Waals surface area contributed by atoms with Gasteiger partial charge in [-0.3, -0.25) is 4.79 Å². The minimum Gasteiger partial charge on any atom is -0.496 e. The number of carbonyl (C=O) groups is 1. The molecule has 0 aliphatic rings. The smallest absolute Gasteiger partial charge is 0.419 e. The summed E-state index contributed by atoms with van der Waals surface area (Å²) in [5.41, 5.74) is -0.714. The van der Waals surface area contributed by atoms with E-state index in [4.69, 9.17) is 9.47 Å². The normalized spacial score (nSPS) is 11.1. The van der Waals surface area contributed by atoms with E-state index in [1.165, 1.54) is 12.1 Å². The van der Waals surface area contributed by atoms with E-state index >= 15 is 0 Å². The molecule has 6 heteroatoms. The van der Waals surface area contributed by atoms with Crippen molar-refractivity contribution < 1.29 is 27.4 Å². The van der Waals surface area contributed by atoms with Crippen molar-refractivity contribution in [2.75, 3.05) is 7.11 Å². The van der Waals surface area contributed by atoms with Crippen LogP contribution in [0.3, 0.4) is 0 Å². The SMILES string of the molecule is COc1ccc(CC(=O)Oc2ccccc2)cc1C(F)(F)F. The van der Waals surface area contributed by atoms with Crippen molar-refractivity contribution in [2.24, 2.45) is 0 Å². The van der Waals surface area contributed by atoms with E-state index < -0.39 is 17.7 Å². The van der Waals surface area contributed by atoms with E-state index in [0.717, 1.165) is 13.2 Å². The van der Waals surface area contributed by atoms with Gasteiger partial charge in [-0.2, -0.15) is 13.2 Å². The van der Waals surface area contributed by atoms with Crippen LogP contribution in [-0.2, 0) is 17.4 Å². The standard InChI is InChI=1S/C16H13F3O3/c1-21-14-8-7-11(9-13(14)16(17,18)19)10-15(20)22-12-5-3-2-4-6-12/h2-9H,10H2,1H3. The maximum atomic E-state index is 12.9. The zero-order valence-corrected chi connectivity index (χ0v) is 11.7. The quantitative estimate of drug-likeness (QED) is 0.635. The number of carbonyl (C=O) groups excluding carboxylic acids is 1. The Labute approximate surface area is 125 Å². The third kappa shape index (κ3) is 4.00. The molecule has 0 saturated heterocycles. The monoisotopic (exact) mass is 310 g/mol. The molecule has 3 nitrogen and oxygen atoms in total. The van der Waals surface area contributed by atoms with Gasteiger partial charge in [-0.05, 0) is 29.8 Å². The lowest BCUT2D eigenvalue weighted by molar-refractivity contribution is -0.139. The van der Waals surface area contributed by atoms with Crippen molar-refractivity contribution in [1.82, 2.24) is 0 Å². The van der Waals surface area contributed by atoms with E-state index in [-0.39, 0.29) is 17.7 Å². The van der Waals surface area contributed by atoms with Crippen LogP contribution in [-0.4, -0.2) is 13.1 Å². The number of hydrogen-bond donors (Lipinski definition) is 0. The van der Waals surface area contributed by atoms with Crippen LogP contribution in [0.15, 0.2) is 48.5 Å². The van der Waals surface area contributed by atoms with Gasteiger partial charge in [-0.15, -0.1) is 0 Å². The van der Waals surface area contributed by atoms with Gasteiger partial charge in [0.2, 0.25) is 0 Å². The number of benzene rings is 2. The van der Waals surface area contributed by atoms with Gasteiger partial charge in [0.25, 0.3) is 0 Å². The Bertz CT molecular complexity index is 651. The Kier molecular flexibility index (Phi) is 4.70. The Hall–Kier alpha value is -2.50. The van der Waals surface area contributed by atoms with Gasteiger partial charge in [0.05, 0.1) is 19.1 Å². The molecular formula is C16H13F3O3. The average Bonchev–Trinajstić information content (AvgIpc) is 2.47. The highest BCUT2D eigenvalue weighted by atomic mass is 19.4. The number of alkyl halides is 3. The molecule has 0 fully saturated rings. The maximum absolute atomic E-state index is 12.9. The number of esters is 1.